The lowest BCUT2D eigenvalue weighted by atomic mass is 10.0. The van der Waals surface area contributed by atoms with E-state index in [0.717, 1.165) is 23.4 Å². The summed E-state index contributed by atoms with van der Waals surface area (Å²) in [4.78, 5) is 18.7. The largest absolute Gasteiger partial charge is 0.326 e. The fourth-order valence-electron chi connectivity index (χ4n) is 1.87. The molecule has 1 aliphatic heterocycles. The minimum Gasteiger partial charge on any atom is -0.305 e. The zero-order valence-electron chi connectivity index (χ0n) is 9.24. The lowest BCUT2D eigenvalue weighted by molar-refractivity contribution is 0.850. The highest BCUT2D eigenvalue weighted by Crippen LogP contribution is 2.24. The van der Waals surface area contributed by atoms with E-state index in [4.69, 9.17) is 0 Å². The molecular formula is C11H15N3O. The Balaban J connectivity index is 2.65. The topological polar surface area (TPSA) is 50.1 Å². The number of aromatic nitrogens is 2. The predicted molar refractivity (Wildman–Crippen MR) is 61.4 cm³/mol. The van der Waals surface area contributed by atoms with Gasteiger partial charge in [0.05, 0.1) is 17.4 Å². The van der Waals surface area contributed by atoms with Crippen LogP contribution < -0.4 is 5.69 Å². The molecule has 0 radical (unpaired) electrons. The molecule has 0 fully saturated rings. The second kappa shape index (κ2) is 3.53. The third-order valence-corrected chi connectivity index (χ3v) is 2.74. The van der Waals surface area contributed by atoms with Crippen molar-refractivity contribution in [3.05, 3.63) is 27.9 Å². The maximum absolute atomic E-state index is 11.5. The molecule has 2 heterocycles. The van der Waals surface area contributed by atoms with Crippen molar-refractivity contribution < 1.29 is 0 Å². The van der Waals surface area contributed by atoms with E-state index in [-0.39, 0.29) is 11.7 Å². The van der Waals surface area contributed by atoms with Gasteiger partial charge in [-0.1, -0.05) is 13.0 Å². The van der Waals surface area contributed by atoms with Crippen molar-refractivity contribution in [3.63, 3.8) is 0 Å². The van der Waals surface area contributed by atoms with Gasteiger partial charge in [-0.05, 0) is 18.9 Å². The number of imidazole rings is 1. The molecule has 0 aromatic carbocycles. The average molecular weight is 205 g/mol. The van der Waals surface area contributed by atoms with E-state index in [1.807, 2.05) is 6.92 Å². The van der Waals surface area contributed by atoms with Gasteiger partial charge in [0.25, 0.3) is 0 Å². The summed E-state index contributed by atoms with van der Waals surface area (Å²) in [5, 5.41) is 0. The molecule has 0 bridgehead atoms. The van der Waals surface area contributed by atoms with Gasteiger partial charge in [-0.15, -0.1) is 0 Å². The van der Waals surface area contributed by atoms with Crippen molar-refractivity contribution in [2.75, 3.05) is 0 Å². The Kier molecular flexibility index (Phi) is 2.34. The lowest BCUT2D eigenvalue weighted by Gasteiger charge is -2.16. The van der Waals surface area contributed by atoms with Gasteiger partial charge in [-0.25, -0.2) is 4.79 Å². The van der Waals surface area contributed by atoms with Gasteiger partial charge >= 0.3 is 5.69 Å². The third-order valence-electron chi connectivity index (χ3n) is 2.74. The summed E-state index contributed by atoms with van der Waals surface area (Å²) in [7, 11) is 1.75. The Morgan fingerprint density at radius 2 is 2.40 bits per heavy atom. The third kappa shape index (κ3) is 1.46. The van der Waals surface area contributed by atoms with Crippen LogP contribution in [0.2, 0.25) is 0 Å². The fraction of sp³-hybridized carbons (Fsp3) is 0.455. The fourth-order valence-corrected chi connectivity index (χ4v) is 1.87. The number of aliphatic imine (C=N–C) groups is 1. The zero-order valence-corrected chi connectivity index (χ0v) is 9.24. The molecule has 15 heavy (non-hydrogen) atoms. The Labute approximate surface area is 88.4 Å². The Morgan fingerprint density at radius 1 is 1.67 bits per heavy atom. The van der Waals surface area contributed by atoms with Gasteiger partial charge in [-0.2, -0.15) is 0 Å². The van der Waals surface area contributed by atoms with Crippen LogP contribution in [0.1, 0.15) is 31.7 Å². The van der Waals surface area contributed by atoms with Gasteiger partial charge in [0, 0.05) is 13.3 Å². The first kappa shape index (κ1) is 9.96. The highest BCUT2D eigenvalue weighted by atomic mass is 16.1. The number of nitrogens with zero attached hydrogens (tertiary/aromatic N) is 2. The van der Waals surface area contributed by atoms with E-state index in [0.29, 0.717) is 0 Å². The highest BCUT2D eigenvalue weighted by Gasteiger charge is 2.21. The summed E-state index contributed by atoms with van der Waals surface area (Å²) in [6.07, 6.45) is 4.84. The molecular weight excluding hydrogens is 190 g/mol. The van der Waals surface area contributed by atoms with Crippen LogP contribution in [0.4, 0.5) is 0 Å². The normalized spacial score (nSPS) is 22.1. The summed E-state index contributed by atoms with van der Waals surface area (Å²) in [5.74, 6) is 0. The van der Waals surface area contributed by atoms with E-state index in [1.54, 1.807) is 17.8 Å². The number of H-pyrrole nitrogens is 1. The summed E-state index contributed by atoms with van der Waals surface area (Å²) < 4.78 is 1.59. The first-order valence-electron chi connectivity index (χ1n) is 5.17. The number of fused-ring (bicyclic) bond motifs is 1. The second-order valence-corrected chi connectivity index (χ2v) is 3.77. The minimum atomic E-state index is -0.0810. The average Bonchev–Trinajstić information content (AvgIpc) is 2.49. The van der Waals surface area contributed by atoms with Crippen LogP contribution >= 0.6 is 0 Å². The lowest BCUT2D eigenvalue weighted by Crippen LogP contribution is -2.15. The number of aromatic amines is 1. The molecule has 1 aliphatic rings. The first-order valence-corrected chi connectivity index (χ1v) is 5.17. The smallest absolute Gasteiger partial charge is 0.305 e. The van der Waals surface area contributed by atoms with Crippen molar-refractivity contribution in [3.8, 4) is 0 Å². The quantitative estimate of drug-likeness (QED) is 0.738. The Hall–Kier alpha value is -1.58. The molecule has 1 aromatic heterocycles. The van der Waals surface area contributed by atoms with Crippen molar-refractivity contribution in [1.29, 1.82) is 0 Å². The Morgan fingerprint density at radius 3 is 3.07 bits per heavy atom. The van der Waals surface area contributed by atoms with Gasteiger partial charge in [-0.3, -0.25) is 9.56 Å². The number of rotatable bonds is 1. The van der Waals surface area contributed by atoms with Gasteiger partial charge < -0.3 is 4.98 Å². The van der Waals surface area contributed by atoms with Crippen molar-refractivity contribution in [2.24, 2.45) is 12.0 Å². The highest BCUT2D eigenvalue weighted by molar-refractivity contribution is 5.90. The monoisotopic (exact) mass is 205 g/mol. The summed E-state index contributed by atoms with van der Waals surface area (Å²) in [6, 6.07) is 0.135. The zero-order chi connectivity index (χ0) is 11.0. The van der Waals surface area contributed by atoms with E-state index >= 15 is 0 Å². The van der Waals surface area contributed by atoms with Crippen molar-refractivity contribution >= 4 is 11.8 Å². The molecule has 4 heteroatoms. The summed E-state index contributed by atoms with van der Waals surface area (Å²) in [6.45, 7) is 4.12. The molecule has 1 N–H and O–H groups in total. The van der Waals surface area contributed by atoms with Crippen LogP contribution in [0.25, 0.3) is 5.57 Å². The van der Waals surface area contributed by atoms with Gasteiger partial charge in [0.1, 0.15) is 0 Å². The molecule has 0 saturated carbocycles. The number of hydrogen-bond acceptors (Lipinski definition) is 2. The maximum atomic E-state index is 11.5. The molecule has 1 atom stereocenters. The molecule has 80 valence electrons. The van der Waals surface area contributed by atoms with Crippen LogP contribution in [0.15, 0.2) is 15.9 Å². The van der Waals surface area contributed by atoms with E-state index < -0.39 is 0 Å². The van der Waals surface area contributed by atoms with Crippen LogP contribution in [0.3, 0.4) is 0 Å². The van der Waals surface area contributed by atoms with E-state index in [9.17, 15) is 4.79 Å². The van der Waals surface area contributed by atoms with E-state index in [2.05, 4.69) is 23.0 Å². The first-order chi connectivity index (χ1) is 7.15. The number of allylic oxidation sites excluding steroid dienone is 1. The van der Waals surface area contributed by atoms with Crippen LogP contribution in [0.5, 0.6) is 0 Å². The van der Waals surface area contributed by atoms with Gasteiger partial charge in [0.2, 0.25) is 0 Å². The number of hydrogen-bond donors (Lipinski definition) is 1. The predicted octanol–water partition coefficient (Wildman–Crippen LogP) is 1.33. The van der Waals surface area contributed by atoms with Crippen LogP contribution in [-0.2, 0) is 7.05 Å². The number of nitrogens with one attached hydrogen (secondary N) is 1. The summed E-state index contributed by atoms with van der Waals surface area (Å²) >= 11 is 0. The molecule has 0 amide bonds. The van der Waals surface area contributed by atoms with Gasteiger partial charge in [0.15, 0.2) is 0 Å². The molecule has 4 nitrogen and oxygen atoms in total. The van der Waals surface area contributed by atoms with E-state index in [1.165, 1.54) is 0 Å². The van der Waals surface area contributed by atoms with Crippen LogP contribution in [-0.4, -0.2) is 21.8 Å². The van der Waals surface area contributed by atoms with Crippen molar-refractivity contribution in [2.45, 2.75) is 26.3 Å². The second-order valence-electron chi connectivity index (χ2n) is 3.77. The minimum absolute atomic E-state index is 0.0810. The molecule has 1 unspecified atom stereocenters. The molecule has 0 spiro atoms. The SMILES string of the molecule is CC/C=C1/c2[nH]c(=O)n(C)c2C=NC1C. The molecule has 0 saturated heterocycles. The summed E-state index contributed by atoms with van der Waals surface area (Å²) in [5.41, 5.74) is 2.83. The van der Waals surface area contributed by atoms with Crippen LogP contribution in [0, 0.1) is 0 Å². The molecule has 2 rings (SSSR count). The molecule has 0 aliphatic carbocycles. The standard InChI is InChI=1S/C11H15N3O/c1-4-5-8-7(2)12-6-9-10(8)13-11(15)14(9)3/h5-7H,4H2,1-3H3,(H,13,15)/b8-5+. The van der Waals surface area contributed by atoms with Crippen molar-refractivity contribution in [1.82, 2.24) is 9.55 Å². The molecule has 1 aromatic rings. The maximum Gasteiger partial charge on any atom is 0.326 e. The Bertz CT molecular complexity index is 490.